The van der Waals surface area contributed by atoms with E-state index in [2.05, 4.69) is 0 Å². The standard InChI is InChI=1S/C17H20FNO4/c1-11-8-13(17(22)23)10-19(9-11)16(21)7-6-15(20)12-2-4-14(18)5-3-12/h2-5,11,13H,6-10H2,1H3,(H,22,23). The van der Waals surface area contributed by atoms with Crippen molar-refractivity contribution in [1.29, 1.82) is 0 Å². The van der Waals surface area contributed by atoms with Crippen LogP contribution >= 0.6 is 0 Å². The van der Waals surface area contributed by atoms with Gasteiger partial charge in [0.1, 0.15) is 5.82 Å². The van der Waals surface area contributed by atoms with Crippen LogP contribution in [0.25, 0.3) is 0 Å². The van der Waals surface area contributed by atoms with Gasteiger partial charge in [-0.15, -0.1) is 0 Å². The van der Waals surface area contributed by atoms with E-state index < -0.39 is 17.7 Å². The lowest BCUT2D eigenvalue weighted by atomic mass is 9.90. The molecule has 2 atom stereocenters. The van der Waals surface area contributed by atoms with Gasteiger partial charge in [0.25, 0.3) is 0 Å². The number of halogens is 1. The lowest BCUT2D eigenvalue weighted by Crippen LogP contribution is -2.45. The van der Waals surface area contributed by atoms with Gasteiger partial charge in [0.15, 0.2) is 5.78 Å². The molecule has 2 unspecified atom stereocenters. The molecule has 1 heterocycles. The number of nitrogens with zero attached hydrogens (tertiary/aromatic N) is 1. The number of Topliss-reactive ketones (excluding diaryl/α,β-unsaturated/α-hetero) is 1. The summed E-state index contributed by atoms with van der Waals surface area (Å²) in [6.07, 6.45) is 0.635. The summed E-state index contributed by atoms with van der Waals surface area (Å²) in [4.78, 5) is 36.9. The number of likely N-dealkylation sites (tertiary alicyclic amines) is 1. The van der Waals surface area contributed by atoms with Crippen LogP contribution in [0.15, 0.2) is 24.3 Å². The Morgan fingerprint density at radius 3 is 2.43 bits per heavy atom. The van der Waals surface area contributed by atoms with Crippen LogP contribution in [-0.4, -0.2) is 40.8 Å². The van der Waals surface area contributed by atoms with Crippen LogP contribution in [0.5, 0.6) is 0 Å². The molecule has 0 aromatic heterocycles. The Hall–Kier alpha value is -2.24. The highest BCUT2D eigenvalue weighted by molar-refractivity contribution is 5.97. The molecule has 23 heavy (non-hydrogen) atoms. The van der Waals surface area contributed by atoms with Crippen molar-refractivity contribution in [3.63, 3.8) is 0 Å². The minimum Gasteiger partial charge on any atom is -0.481 e. The summed E-state index contributed by atoms with van der Waals surface area (Å²) >= 11 is 0. The average molecular weight is 321 g/mol. The van der Waals surface area contributed by atoms with Crippen LogP contribution in [-0.2, 0) is 9.59 Å². The highest BCUT2D eigenvalue weighted by Crippen LogP contribution is 2.22. The number of carbonyl (C=O) groups excluding carboxylic acids is 2. The summed E-state index contributed by atoms with van der Waals surface area (Å²) in [6.45, 7) is 2.63. The Kier molecular flexibility index (Phi) is 5.47. The minimum atomic E-state index is -0.892. The van der Waals surface area contributed by atoms with E-state index in [1.807, 2.05) is 6.92 Å². The highest BCUT2D eigenvalue weighted by Gasteiger charge is 2.31. The number of piperidine rings is 1. The zero-order chi connectivity index (χ0) is 17.0. The maximum Gasteiger partial charge on any atom is 0.308 e. The first-order valence-electron chi connectivity index (χ1n) is 7.66. The summed E-state index contributed by atoms with van der Waals surface area (Å²) < 4.78 is 12.8. The number of carboxylic acids is 1. The number of aliphatic carboxylic acids is 1. The van der Waals surface area contributed by atoms with E-state index in [4.69, 9.17) is 5.11 Å². The molecule has 1 aliphatic heterocycles. The first-order valence-corrected chi connectivity index (χ1v) is 7.66. The molecule has 0 bridgehead atoms. The van der Waals surface area contributed by atoms with Crippen LogP contribution in [0.2, 0.25) is 0 Å². The zero-order valence-electron chi connectivity index (χ0n) is 13.0. The van der Waals surface area contributed by atoms with Crippen molar-refractivity contribution in [3.8, 4) is 0 Å². The number of benzene rings is 1. The van der Waals surface area contributed by atoms with E-state index in [-0.39, 0.29) is 37.0 Å². The lowest BCUT2D eigenvalue weighted by Gasteiger charge is -2.34. The molecule has 1 amide bonds. The van der Waals surface area contributed by atoms with Crippen molar-refractivity contribution in [2.75, 3.05) is 13.1 Å². The maximum absolute atomic E-state index is 12.8. The number of hydrogen-bond donors (Lipinski definition) is 1. The van der Waals surface area contributed by atoms with E-state index >= 15 is 0 Å². The number of rotatable bonds is 5. The van der Waals surface area contributed by atoms with Crippen LogP contribution in [0, 0.1) is 17.7 Å². The smallest absolute Gasteiger partial charge is 0.308 e. The molecule has 1 aromatic rings. The van der Waals surface area contributed by atoms with Gasteiger partial charge in [-0.05, 0) is 36.6 Å². The predicted octanol–water partition coefficient (Wildman–Crippen LogP) is 2.36. The number of hydrogen-bond acceptors (Lipinski definition) is 3. The molecule has 6 heteroatoms. The molecule has 1 aromatic carbocycles. The second kappa shape index (κ2) is 7.35. The van der Waals surface area contributed by atoms with Gasteiger partial charge in [0.05, 0.1) is 5.92 Å². The van der Waals surface area contributed by atoms with Gasteiger partial charge in [0, 0.05) is 31.5 Å². The molecule has 0 aliphatic carbocycles. The van der Waals surface area contributed by atoms with E-state index in [0.717, 1.165) is 0 Å². The van der Waals surface area contributed by atoms with Gasteiger partial charge in [0.2, 0.25) is 5.91 Å². The second-order valence-corrected chi connectivity index (χ2v) is 6.10. The van der Waals surface area contributed by atoms with Gasteiger partial charge in [-0.1, -0.05) is 6.92 Å². The van der Waals surface area contributed by atoms with Crippen LogP contribution in [0.4, 0.5) is 4.39 Å². The third kappa shape index (κ3) is 4.61. The van der Waals surface area contributed by atoms with Gasteiger partial charge in [-0.3, -0.25) is 14.4 Å². The van der Waals surface area contributed by atoms with Crippen molar-refractivity contribution in [3.05, 3.63) is 35.6 Å². The maximum atomic E-state index is 12.8. The third-order valence-corrected chi connectivity index (χ3v) is 4.09. The Morgan fingerprint density at radius 1 is 1.17 bits per heavy atom. The van der Waals surface area contributed by atoms with Crippen molar-refractivity contribution >= 4 is 17.7 Å². The first-order chi connectivity index (χ1) is 10.9. The van der Waals surface area contributed by atoms with Gasteiger partial charge < -0.3 is 10.0 Å². The summed E-state index contributed by atoms with van der Waals surface area (Å²) in [5, 5.41) is 9.12. The van der Waals surface area contributed by atoms with Crippen LogP contribution in [0.3, 0.4) is 0 Å². The Labute approximate surface area is 134 Å². The second-order valence-electron chi connectivity index (χ2n) is 6.10. The summed E-state index contributed by atoms with van der Waals surface area (Å²) in [6, 6.07) is 5.20. The van der Waals surface area contributed by atoms with Gasteiger partial charge in [-0.25, -0.2) is 4.39 Å². The molecular weight excluding hydrogens is 301 g/mol. The molecule has 1 fully saturated rings. The molecule has 1 N–H and O–H groups in total. The van der Waals surface area contributed by atoms with Crippen molar-refractivity contribution in [2.45, 2.75) is 26.2 Å². The fourth-order valence-corrected chi connectivity index (χ4v) is 2.89. The average Bonchev–Trinajstić information content (AvgIpc) is 2.52. The monoisotopic (exact) mass is 321 g/mol. The van der Waals surface area contributed by atoms with Gasteiger partial charge >= 0.3 is 5.97 Å². The van der Waals surface area contributed by atoms with E-state index in [1.165, 1.54) is 29.2 Å². The highest BCUT2D eigenvalue weighted by atomic mass is 19.1. The molecule has 0 spiro atoms. The fraction of sp³-hybridized carbons (Fsp3) is 0.471. The lowest BCUT2D eigenvalue weighted by molar-refractivity contribution is -0.146. The van der Waals surface area contributed by atoms with E-state index in [0.29, 0.717) is 18.5 Å². The summed E-state index contributed by atoms with van der Waals surface area (Å²) in [5.41, 5.74) is 0.370. The number of ketones is 1. The molecule has 5 nitrogen and oxygen atoms in total. The first kappa shape index (κ1) is 17.1. The van der Waals surface area contributed by atoms with E-state index in [9.17, 15) is 18.8 Å². The number of amides is 1. The van der Waals surface area contributed by atoms with E-state index in [1.54, 1.807) is 0 Å². The molecule has 124 valence electrons. The normalized spacial score (nSPS) is 21.0. The molecular formula is C17H20FNO4. The van der Waals surface area contributed by atoms with Gasteiger partial charge in [-0.2, -0.15) is 0 Å². The molecule has 0 saturated carbocycles. The summed E-state index contributed by atoms with van der Waals surface area (Å²) in [5.74, 6) is -2.16. The SMILES string of the molecule is CC1CC(C(=O)O)CN(C(=O)CCC(=O)c2ccc(F)cc2)C1. The zero-order valence-corrected chi connectivity index (χ0v) is 13.0. The quantitative estimate of drug-likeness (QED) is 0.845. The molecule has 1 saturated heterocycles. The molecule has 0 radical (unpaired) electrons. The Balaban J connectivity index is 1.89. The Morgan fingerprint density at radius 2 is 1.83 bits per heavy atom. The minimum absolute atomic E-state index is 0.0348. The topological polar surface area (TPSA) is 74.7 Å². The van der Waals surface area contributed by atoms with Crippen LogP contribution < -0.4 is 0 Å². The molecule has 1 aliphatic rings. The third-order valence-electron chi connectivity index (χ3n) is 4.09. The van der Waals surface area contributed by atoms with Crippen molar-refractivity contribution in [2.24, 2.45) is 11.8 Å². The number of carbonyl (C=O) groups is 3. The molecule has 2 rings (SSSR count). The fourth-order valence-electron chi connectivity index (χ4n) is 2.89. The summed E-state index contributed by atoms with van der Waals surface area (Å²) in [7, 11) is 0. The van der Waals surface area contributed by atoms with Crippen molar-refractivity contribution < 1.29 is 23.9 Å². The predicted molar refractivity (Wildman–Crippen MR) is 81.5 cm³/mol. The van der Waals surface area contributed by atoms with Crippen molar-refractivity contribution in [1.82, 2.24) is 4.90 Å². The number of carboxylic acid groups (broad SMARTS) is 1. The largest absolute Gasteiger partial charge is 0.481 e. The van der Waals surface area contributed by atoms with Crippen LogP contribution in [0.1, 0.15) is 36.5 Å². The Bertz CT molecular complexity index is 599.